The average molecular weight is 319 g/mol. The number of rotatable bonds is 4. The molecule has 0 aromatic heterocycles. The fourth-order valence-electron chi connectivity index (χ4n) is 2.25. The van der Waals surface area contributed by atoms with Gasteiger partial charge in [0.05, 0.1) is 18.6 Å². The first-order valence-electron chi connectivity index (χ1n) is 6.09. The van der Waals surface area contributed by atoms with Crippen LogP contribution in [-0.4, -0.2) is 52.8 Å². The Labute approximate surface area is 119 Å². The molecule has 112 valence electrons. The minimum Gasteiger partial charge on any atom is -0.495 e. The summed E-state index contributed by atoms with van der Waals surface area (Å²) in [5.41, 5.74) is 0. The highest BCUT2D eigenvalue weighted by Crippen LogP contribution is 2.29. The number of methoxy groups -OCH3 is 1. The zero-order chi connectivity index (χ0) is 15.0. The predicted octanol–water partition coefficient (Wildman–Crippen LogP) is 0.503. The molecule has 1 heterocycles. The molecule has 0 aliphatic carbocycles. The molecule has 0 amide bonds. The van der Waals surface area contributed by atoms with E-state index in [0.29, 0.717) is 6.42 Å². The van der Waals surface area contributed by atoms with Crippen molar-refractivity contribution in [3.05, 3.63) is 24.3 Å². The van der Waals surface area contributed by atoms with Gasteiger partial charge in [-0.15, -0.1) is 0 Å². The molecule has 0 spiro atoms. The molecule has 0 saturated carbocycles. The van der Waals surface area contributed by atoms with Gasteiger partial charge in [-0.2, -0.15) is 4.31 Å². The Morgan fingerprint density at radius 3 is 2.50 bits per heavy atom. The third kappa shape index (κ3) is 2.82. The standard InChI is InChI=1S/C12H17NO5S2/c1-13(10-7-8-19(14,15)9-10)20(16,17)12-6-4-3-5-11(12)18-2/h3-6,10H,7-9H2,1-2H3. The number of sulfone groups is 1. The van der Waals surface area contributed by atoms with Crippen LogP contribution in [0.15, 0.2) is 29.2 Å². The maximum absolute atomic E-state index is 12.6. The molecule has 2 rings (SSSR count). The van der Waals surface area contributed by atoms with Gasteiger partial charge in [-0.3, -0.25) is 0 Å². The van der Waals surface area contributed by atoms with E-state index in [0.717, 1.165) is 4.31 Å². The molecule has 20 heavy (non-hydrogen) atoms. The van der Waals surface area contributed by atoms with Gasteiger partial charge in [0.25, 0.3) is 0 Å². The lowest BCUT2D eigenvalue weighted by Crippen LogP contribution is -2.37. The van der Waals surface area contributed by atoms with Gasteiger partial charge in [0.2, 0.25) is 10.0 Å². The number of para-hydroxylation sites is 1. The summed E-state index contributed by atoms with van der Waals surface area (Å²) in [6.07, 6.45) is 0.327. The minimum atomic E-state index is -3.77. The Bertz CT molecular complexity index is 696. The van der Waals surface area contributed by atoms with Crippen molar-refractivity contribution in [3.8, 4) is 5.75 Å². The van der Waals surface area contributed by atoms with Crippen molar-refractivity contribution in [1.29, 1.82) is 0 Å². The van der Waals surface area contributed by atoms with Crippen molar-refractivity contribution in [2.75, 3.05) is 25.7 Å². The summed E-state index contributed by atoms with van der Waals surface area (Å²) >= 11 is 0. The molecule has 1 aromatic rings. The normalized spacial score (nSPS) is 22.1. The fraction of sp³-hybridized carbons (Fsp3) is 0.500. The SMILES string of the molecule is COc1ccccc1S(=O)(=O)N(C)C1CCS(=O)(=O)C1. The largest absolute Gasteiger partial charge is 0.495 e. The number of sulfonamides is 1. The Morgan fingerprint density at radius 2 is 1.95 bits per heavy atom. The van der Waals surface area contributed by atoms with Crippen molar-refractivity contribution in [2.45, 2.75) is 17.4 Å². The molecular weight excluding hydrogens is 302 g/mol. The van der Waals surface area contributed by atoms with Gasteiger partial charge in [0.15, 0.2) is 9.84 Å². The third-order valence-electron chi connectivity index (χ3n) is 3.45. The van der Waals surface area contributed by atoms with Gasteiger partial charge in [-0.1, -0.05) is 12.1 Å². The Morgan fingerprint density at radius 1 is 1.30 bits per heavy atom. The van der Waals surface area contributed by atoms with E-state index in [1.54, 1.807) is 18.2 Å². The van der Waals surface area contributed by atoms with Crippen LogP contribution in [0.4, 0.5) is 0 Å². The fourth-order valence-corrected chi connectivity index (χ4v) is 5.65. The van der Waals surface area contributed by atoms with E-state index < -0.39 is 25.9 Å². The molecule has 1 fully saturated rings. The summed E-state index contributed by atoms with van der Waals surface area (Å²) in [6.45, 7) is 0. The van der Waals surface area contributed by atoms with Crippen LogP contribution in [0.5, 0.6) is 5.75 Å². The topological polar surface area (TPSA) is 80.8 Å². The lowest BCUT2D eigenvalue weighted by Gasteiger charge is -2.23. The van der Waals surface area contributed by atoms with E-state index in [1.807, 2.05) is 0 Å². The number of hydrogen-bond donors (Lipinski definition) is 0. The highest BCUT2D eigenvalue weighted by Gasteiger charge is 2.37. The molecule has 1 unspecified atom stereocenters. The smallest absolute Gasteiger partial charge is 0.246 e. The second-order valence-electron chi connectivity index (χ2n) is 4.73. The summed E-state index contributed by atoms with van der Waals surface area (Å²) in [6, 6.07) is 5.78. The minimum absolute atomic E-state index is 0.0312. The van der Waals surface area contributed by atoms with Gasteiger partial charge >= 0.3 is 0 Å². The second-order valence-corrected chi connectivity index (χ2v) is 8.92. The Balaban J connectivity index is 2.35. The Kier molecular flexibility index (Phi) is 4.08. The van der Waals surface area contributed by atoms with Gasteiger partial charge < -0.3 is 4.74 Å². The van der Waals surface area contributed by atoms with E-state index in [9.17, 15) is 16.8 Å². The van der Waals surface area contributed by atoms with E-state index in [1.165, 1.54) is 20.2 Å². The lowest BCUT2D eigenvalue weighted by molar-refractivity contribution is 0.380. The van der Waals surface area contributed by atoms with Gasteiger partial charge in [-0.05, 0) is 18.6 Å². The molecule has 8 heteroatoms. The highest BCUT2D eigenvalue weighted by molar-refractivity contribution is 7.92. The maximum atomic E-state index is 12.6. The van der Waals surface area contributed by atoms with Gasteiger partial charge in [0, 0.05) is 13.1 Å². The quantitative estimate of drug-likeness (QED) is 0.807. The van der Waals surface area contributed by atoms with E-state index in [-0.39, 0.29) is 22.2 Å². The van der Waals surface area contributed by atoms with Crippen LogP contribution in [0, 0.1) is 0 Å². The highest BCUT2D eigenvalue weighted by atomic mass is 32.2. The molecule has 0 N–H and O–H groups in total. The molecular formula is C12H17NO5S2. The Hall–Kier alpha value is -1.12. The number of ether oxygens (including phenoxy) is 1. The molecule has 0 radical (unpaired) electrons. The van der Waals surface area contributed by atoms with Gasteiger partial charge in [0.1, 0.15) is 10.6 Å². The molecule has 1 aliphatic heterocycles. The summed E-state index contributed by atoms with van der Waals surface area (Å²) in [5.74, 6) is 0.154. The second kappa shape index (κ2) is 5.34. The van der Waals surface area contributed by atoms with Gasteiger partial charge in [-0.25, -0.2) is 16.8 Å². The monoisotopic (exact) mass is 319 g/mol. The first-order chi connectivity index (χ1) is 9.28. The molecule has 1 atom stereocenters. The summed E-state index contributed by atoms with van der Waals surface area (Å²) in [7, 11) is -4.10. The van der Waals surface area contributed by atoms with Crippen LogP contribution in [0.25, 0.3) is 0 Å². The molecule has 1 aliphatic rings. The first kappa shape index (κ1) is 15.3. The molecule has 0 bridgehead atoms. The molecule has 6 nitrogen and oxygen atoms in total. The average Bonchev–Trinajstić information content (AvgIpc) is 2.78. The number of nitrogens with zero attached hydrogens (tertiary/aromatic N) is 1. The van der Waals surface area contributed by atoms with E-state index >= 15 is 0 Å². The van der Waals surface area contributed by atoms with E-state index in [4.69, 9.17) is 4.74 Å². The zero-order valence-corrected chi connectivity index (χ0v) is 12.9. The first-order valence-corrected chi connectivity index (χ1v) is 9.35. The van der Waals surface area contributed by atoms with Crippen LogP contribution < -0.4 is 4.74 Å². The van der Waals surface area contributed by atoms with Crippen LogP contribution in [0.3, 0.4) is 0 Å². The lowest BCUT2D eigenvalue weighted by atomic mass is 10.3. The van der Waals surface area contributed by atoms with Crippen LogP contribution in [-0.2, 0) is 19.9 Å². The predicted molar refractivity (Wildman–Crippen MR) is 75.0 cm³/mol. The van der Waals surface area contributed by atoms with Crippen molar-refractivity contribution < 1.29 is 21.6 Å². The van der Waals surface area contributed by atoms with Crippen molar-refractivity contribution >= 4 is 19.9 Å². The summed E-state index contributed by atoms with van der Waals surface area (Å²) in [5, 5.41) is 0. The number of benzene rings is 1. The van der Waals surface area contributed by atoms with Crippen molar-refractivity contribution in [1.82, 2.24) is 4.31 Å². The molecule has 1 aromatic carbocycles. The van der Waals surface area contributed by atoms with Crippen LogP contribution >= 0.6 is 0 Å². The summed E-state index contributed by atoms with van der Waals surface area (Å²) < 4.78 is 54.3. The van der Waals surface area contributed by atoms with Crippen molar-refractivity contribution in [2.24, 2.45) is 0 Å². The van der Waals surface area contributed by atoms with Crippen LogP contribution in [0.2, 0.25) is 0 Å². The van der Waals surface area contributed by atoms with Crippen molar-refractivity contribution in [3.63, 3.8) is 0 Å². The zero-order valence-electron chi connectivity index (χ0n) is 11.3. The maximum Gasteiger partial charge on any atom is 0.246 e. The third-order valence-corrected chi connectivity index (χ3v) is 7.15. The number of hydrogen-bond acceptors (Lipinski definition) is 5. The van der Waals surface area contributed by atoms with E-state index in [2.05, 4.69) is 0 Å². The summed E-state index contributed by atoms with van der Waals surface area (Å²) in [4.78, 5) is 0.0503. The van der Waals surface area contributed by atoms with Crippen LogP contribution in [0.1, 0.15) is 6.42 Å². The molecule has 1 saturated heterocycles.